The molecule has 168 valence electrons. The molecule has 0 bridgehead atoms. The van der Waals surface area contributed by atoms with Gasteiger partial charge in [-0.15, -0.1) is 0 Å². The number of rotatable bonds is 4. The molecule has 4 aromatic carbocycles. The van der Waals surface area contributed by atoms with Gasteiger partial charge in [-0.25, -0.2) is 0 Å². The highest BCUT2D eigenvalue weighted by Gasteiger charge is 2.46. The van der Waals surface area contributed by atoms with E-state index in [9.17, 15) is 10.2 Å². The first-order chi connectivity index (χ1) is 16.6. The summed E-state index contributed by atoms with van der Waals surface area (Å²) in [6.07, 6.45) is 5.02. The molecular formula is C31H26O3. The van der Waals surface area contributed by atoms with Crippen molar-refractivity contribution in [3.8, 4) is 17.2 Å². The highest BCUT2D eigenvalue weighted by Crippen LogP contribution is 2.56. The van der Waals surface area contributed by atoms with Gasteiger partial charge in [0.25, 0.3) is 0 Å². The normalized spacial score (nSPS) is 16.5. The number of benzene rings is 4. The van der Waals surface area contributed by atoms with Gasteiger partial charge in [0.05, 0.1) is 0 Å². The van der Waals surface area contributed by atoms with Crippen molar-refractivity contribution in [3.05, 3.63) is 124 Å². The standard InChI is InChI=1S/C31H26O3/c32-29-15-25-19-31(17-23-8-4-5-9-24(23)18-31)28(27(25)16-30(29)33)14-21-10-12-26(13-11-21)34-20-22-6-2-1-3-7-22/h1-16,32-33H,17-20H2. The summed E-state index contributed by atoms with van der Waals surface area (Å²) >= 11 is 0. The van der Waals surface area contributed by atoms with E-state index in [1.165, 1.54) is 16.7 Å². The van der Waals surface area contributed by atoms with E-state index in [-0.39, 0.29) is 16.9 Å². The Morgan fingerprint density at radius 3 is 2.03 bits per heavy atom. The molecule has 0 aliphatic heterocycles. The van der Waals surface area contributed by atoms with Crippen molar-refractivity contribution in [1.29, 1.82) is 0 Å². The Kier molecular flexibility index (Phi) is 4.91. The summed E-state index contributed by atoms with van der Waals surface area (Å²) in [7, 11) is 0. The summed E-state index contributed by atoms with van der Waals surface area (Å²) in [5, 5.41) is 20.4. The number of phenolic OH excluding ortho intramolecular Hbond substituents is 2. The molecule has 4 aromatic rings. The predicted octanol–water partition coefficient (Wildman–Crippen LogP) is 6.56. The molecule has 0 saturated heterocycles. The second-order valence-corrected chi connectivity index (χ2v) is 9.48. The van der Waals surface area contributed by atoms with Crippen LogP contribution >= 0.6 is 0 Å². The Morgan fingerprint density at radius 1 is 0.706 bits per heavy atom. The largest absolute Gasteiger partial charge is 0.504 e. The molecule has 3 nitrogen and oxygen atoms in total. The molecule has 0 heterocycles. The second kappa shape index (κ2) is 8.11. The Morgan fingerprint density at radius 2 is 1.32 bits per heavy atom. The molecule has 0 atom stereocenters. The fraction of sp³-hybridized carbons (Fsp3) is 0.161. The molecule has 6 rings (SSSR count). The minimum Gasteiger partial charge on any atom is -0.504 e. The molecule has 0 amide bonds. The van der Waals surface area contributed by atoms with Crippen molar-refractivity contribution in [3.63, 3.8) is 0 Å². The summed E-state index contributed by atoms with van der Waals surface area (Å²) in [5.74, 6) is 0.718. The summed E-state index contributed by atoms with van der Waals surface area (Å²) in [6, 6.07) is 30.5. The van der Waals surface area contributed by atoms with Crippen molar-refractivity contribution >= 4 is 11.6 Å². The average Bonchev–Trinajstić information content (AvgIpc) is 3.36. The third-order valence-corrected chi connectivity index (χ3v) is 7.21. The van der Waals surface area contributed by atoms with Crippen molar-refractivity contribution in [2.24, 2.45) is 5.41 Å². The van der Waals surface area contributed by atoms with E-state index in [2.05, 4.69) is 54.6 Å². The van der Waals surface area contributed by atoms with Crippen molar-refractivity contribution in [2.75, 3.05) is 0 Å². The molecule has 2 N–H and O–H groups in total. The molecule has 0 unspecified atom stereocenters. The Bertz CT molecular complexity index is 1360. The molecular weight excluding hydrogens is 420 g/mol. The Balaban J connectivity index is 1.33. The molecule has 2 aliphatic rings. The van der Waals surface area contributed by atoms with Gasteiger partial charge in [-0.05, 0) is 82.5 Å². The Hall–Kier alpha value is -3.98. The van der Waals surface area contributed by atoms with E-state index in [4.69, 9.17) is 4.74 Å². The summed E-state index contributed by atoms with van der Waals surface area (Å²) < 4.78 is 5.96. The van der Waals surface area contributed by atoms with Crippen LogP contribution in [0.5, 0.6) is 17.2 Å². The number of allylic oxidation sites excluding steroid dienone is 1. The van der Waals surface area contributed by atoms with E-state index >= 15 is 0 Å². The first-order valence-electron chi connectivity index (χ1n) is 11.7. The lowest BCUT2D eigenvalue weighted by molar-refractivity contribution is 0.306. The number of hydrogen-bond donors (Lipinski definition) is 2. The van der Waals surface area contributed by atoms with Crippen LogP contribution in [0.2, 0.25) is 0 Å². The molecule has 0 aromatic heterocycles. The molecule has 2 aliphatic carbocycles. The molecule has 3 heteroatoms. The molecule has 0 fully saturated rings. The van der Waals surface area contributed by atoms with Gasteiger partial charge in [0.15, 0.2) is 11.5 Å². The first-order valence-corrected chi connectivity index (χ1v) is 11.7. The topological polar surface area (TPSA) is 49.7 Å². The van der Waals surface area contributed by atoms with Crippen LogP contribution in [0, 0.1) is 5.41 Å². The van der Waals surface area contributed by atoms with Crippen molar-refractivity contribution in [2.45, 2.75) is 25.9 Å². The van der Waals surface area contributed by atoms with Crippen LogP contribution < -0.4 is 4.74 Å². The highest BCUT2D eigenvalue weighted by molar-refractivity contribution is 5.91. The van der Waals surface area contributed by atoms with Gasteiger partial charge in [0.1, 0.15) is 12.4 Å². The summed E-state index contributed by atoms with van der Waals surface area (Å²) in [5.41, 5.74) is 8.31. The first kappa shape index (κ1) is 20.6. The van der Waals surface area contributed by atoms with E-state index in [1.54, 1.807) is 12.1 Å². The lowest BCUT2D eigenvalue weighted by Gasteiger charge is -2.26. The van der Waals surface area contributed by atoms with E-state index in [0.717, 1.165) is 47.3 Å². The minimum absolute atomic E-state index is 0.0504. The van der Waals surface area contributed by atoms with Crippen LogP contribution in [0.15, 0.2) is 91.0 Å². The lowest BCUT2D eigenvalue weighted by atomic mass is 9.77. The fourth-order valence-corrected chi connectivity index (χ4v) is 5.57. The monoisotopic (exact) mass is 446 g/mol. The van der Waals surface area contributed by atoms with Gasteiger partial charge in [-0.2, -0.15) is 0 Å². The van der Waals surface area contributed by atoms with Crippen molar-refractivity contribution < 1.29 is 14.9 Å². The van der Waals surface area contributed by atoms with Gasteiger partial charge in [-0.3, -0.25) is 0 Å². The predicted molar refractivity (Wildman–Crippen MR) is 135 cm³/mol. The van der Waals surface area contributed by atoms with Gasteiger partial charge < -0.3 is 14.9 Å². The van der Waals surface area contributed by atoms with Gasteiger partial charge in [0.2, 0.25) is 0 Å². The third-order valence-electron chi connectivity index (χ3n) is 7.21. The van der Waals surface area contributed by atoms with Gasteiger partial charge >= 0.3 is 0 Å². The lowest BCUT2D eigenvalue weighted by Crippen LogP contribution is -2.20. The van der Waals surface area contributed by atoms with Crippen LogP contribution in [0.1, 0.15) is 33.4 Å². The SMILES string of the molecule is Oc1cc2c(cc1O)C(=Cc1ccc(OCc3ccccc3)cc1)C1(Cc3ccccc3C1)C2. The van der Waals surface area contributed by atoms with Gasteiger partial charge in [0, 0.05) is 5.41 Å². The number of fused-ring (bicyclic) bond motifs is 2. The third kappa shape index (κ3) is 3.63. The zero-order valence-corrected chi connectivity index (χ0v) is 18.9. The number of hydrogen-bond acceptors (Lipinski definition) is 3. The zero-order chi connectivity index (χ0) is 23.1. The summed E-state index contributed by atoms with van der Waals surface area (Å²) in [4.78, 5) is 0. The summed E-state index contributed by atoms with van der Waals surface area (Å²) in [6.45, 7) is 0.540. The maximum absolute atomic E-state index is 10.3. The zero-order valence-electron chi connectivity index (χ0n) is 18.9. The Labute approximate surface area is 199 Å². The van der Waals surface area contributed by atoms with E-state index in [0.29, 0.717) is 6.61 Å². The maximum atomic E-state index is 10.3. The minimum atomic E-state index is -0.0677. The number of phenols is 2. The van der Waals surface area contributed by atoms with Crippen LogP contribution in [0.25, 0.3) is 11.6 Å². The highest BCUT2D eigenvalue weighted by atomic mass is 16.5. The van der Waals surface area contributed by atoms with Crippen LogP contribution in [-0.4, -0.2) is 10.2 Å². The molecule has 1 spiro atoms. The van der Waals surface area contributed by atoms with E-state index in [1.807, 2.05) is 30.3 Å². The van der Waals surface area contributed by atoms with Gasteiger partial charge in [-0.1, -0.05) is 72.8 Å². The molecule has 0 saturated carbocycles. The van der Waals surface area contributed by atoms with E-state index < -0.39 is 0 Å². The molecule has 34 heavy (non-hydrogen) atoms. The molecule has 0 radical (unpaired) electrons. The fourth-order valence-electron chi connectivity index (χ4n) is 5.57. The number of aromatic hydroxyl groups is 2. The van der Waals surface area contributed by atoms with Crippen LogP contribution in [-0.2, 0) is 25.9 Å². The average molecular weight is 447 g/mol. The van der Waals surface area contributed by atoms with Crippen LogP contribution in [0.4, 0.5) is 0 Å². The smallest absolute Gasteiger partial charge is 0.158 e. The number of ether oxygens (including phenoxy) is 1. The second-order valence-electron chi connectivity index (χ2n) is 9.48. The quantitative estimate of drug-likeness (QED) is 0.349. The van der Waals surface area contributed by atoms with Crippen LogP contribution in [0.3, 0.4) is 0 Å². The maximum Gasteiger partial charge on any atom is 0.158 e. The van der Waals surface area contributed by atoms with Crippen molar-refractivity contribution in [1.82, 2.24) is 0 Å².